The highest BCUT2D eigenvalue weighted by molar-refractivity contribution is 5.38. The fourth-order valence-corrected chi connectivity index (χ4v) is 3.07. The van der Waals surface area contributed by atoms with E-state index in [0.717, 1.165) is 5.56 Å². The van der Waals surface area contributed by atoms with Gasteiger partial charge in [-0.05, 0) is 43.1 Å². The fraction of sp³-hybridized carbons (Fsp3) is 0.294. The zero-order valence-electron chi connectivity index (χ0n) is 11.1. The van der Waals surface area contributed by atoms with E-state index in [4.69, 9.17) is 0 Å². The van der Waals surface area contributed by atoms with Crippen LogP contribution in [0, 0.1) is 5.82 Å². The highest BCUT2D eigenvalue weighted by Gasteiger charge is 2.50. The van der Waals surface area contributed by atoms with E-state index >= 15 is 0 Å². The third-order valence-corrected chi connectivity index (χ3v) is 4.18. The minimum Gasteiger partial charge on any atom is -0.312 e. The van der Waals surface area contributed by atoms with Crippen molar-refractivity contribution in [3.63, 3.8) is 0 Å². The lowest BCUT2D eigenvalue weighted by molar-refractivity contribution is 0.462. The normalized spacial score (nSPS) is 18.0. The molecule has 0 spiro atoms. The van der Waals surface area contributed by atoms with Crippen molar-refractivity contribution in [2.75, 3.05) is 7.05 Å². The van der Waals surface area contributed by atoms with Crippen LogP contribution in [0.2, 0.25) is 0 Å². The van der Waals surface area contributed by atoms with Crippen molar-refractivity contribution in [1.29, 1.82) is 0 Å². The molecule has 1 aliphatic carbocycles. The monoisotopic (exact) mass is 255 g/mol. The standard InChI is InChI=1S/C17H18FN/c1-19-16(13-7-9-15(18)10-8-13)17(11-12-17)14-5-3-2-4-6-14/h2-10,16,19H,11-12H2,1H3. The Labute approximate surface area is 113 Å². The third kappa shape index (κ3) is 2.17. The van der Waals surface area contributed by atoms with E-state index in [-0.39, 0.29) is 17.3 Å². The maximum absolute atomic E-state index is 13.1. The molecule has 2 aromatic carbocycles. The van der Waals surface area contributed by atoms with Gasteiger partial charge in [0.2, 0.25) is 0 Å². The average Bonchev–Trinajstić information content (AvgIpc) is 3.24. The molecule has 0 aliphatic heterocycles. The molecule has 3 rings (SSSR count). The van der Waals surface area contributed by atoms with Crippen molar-refractivity contribution in [1.82, 2.24) is 5.32 Å². The molecule has 1 unspecified atom stereocenters. The SMILES string of the molecule is CNC(c1ccc(F)cc1)C1(c2ccccc2)CC1. The molecule has 0 saturated heterocycles. The van der Waals surface area contributed by atoms with Crippen molar-refractivity contribution >= 4 is 0 Å². The van der Waals surface area contributed by atoms with Crippen LogP contribution in [-0.4, -0.2) is 7.05 Å². The van der Waals surface area contributed by atoms with Crippen molar-refractivity contribution in [3.8, 4) is 0 Å². The molecular formula is C17H18FN. The van der Waals surface area contributed by atoms with E-state index in [1.807, 2.05) is 25.2 Å². The van der Waals surface area contributed by atoms with Gasteiger partial charge in [-0.25, -0.2) is 4.39 Å². The van der Waals surface area contributed by atoms with Crippen LogP contribution in [0.3, 0.4) is 0 Å². The molecule has 1 nitrogen and oxygen atoms in total. The Hall–Kier alpha value is -1.67. The summed E-state index contributed by atoms with van der Waals surface area (Å²) < 4.78 is 13.1. The van der Waals surface area contributed by atoms with Crippen LogP contribution in [0.1, 0.15) is 30.0 Å². The summed E-state index contributed by atoms with van der Waals surface area (Å²) in [7, 11) is 1.98. The van der Waals surface area contributed by atoms with E-state index in [1.165, 1.54) is 18.4 Å². The number of halogens is 1. The molecule has 1 saturated carbocycles. The summed E-state index contributed by atoms with van der Waals surface area (Å²) in [6.07, 6.45) is 2.36. The molecule has 19 heavy (non-hydrogen) atoms. The summed E-state index contributed by atoms with van der Waals surface area (Å²) in [4.78, 5) is 0. The Balaban J connectivity index is 1.97. The Morgan fingerprint density at radius 1 is 1.00 bits per heavy atom. The van der Waals surface area contributed by atoms with Crippen molar-refractivity contribution < 1.29 is 4.39 Å². The molecule has 1 fully saturated rings. The van der Waals surface area contributed by atoms with Crippen LogP contribution in [0.4, 0.5) is 4.39 Å². The zero-order chi connectivity index (χ0) is 13.3. The number of nitrogens with one attached hydrogen (secondary N) is 1. The second-order valence-electron chi connectivity index (χ2n) is 5.30. The molecule has 0 radical (unpaired) electrons. The number of benzene rings is 2. The molecule has 0 amide bonds. The van der Waals surface area contributed by atoms with Gasteiger partial charge in [0, 0.05) is 11.5 Å². The lowest BCUT2D eigenvalue weighted by Gasteiger charge is -2.27. The van der Waals surface area contributed by atoms with Crippen molar-refractivity contribution in [2.45, 2.75) is 24.3 Å². The largest absolute Gasteiger partial charge is 0.312 e. The van der Waals surface area contributed by atoms with Gasteiger partial charge in [0.1, 0.15) is 5.82 Å². The highest BCUT2D eigenvalue weighted by Crippen LogP contribution is 2.56. The summed E-state index contributed by atoms with van der Waals surface area (Å²) in [5.41, 5.74) is 2.71. The van der Waals surface area contributed by atoms with E-state index in [1.54, 1.807) is 12.1 Å². The van der Waals surface area contributed by atoms with Gasteiger partial charge in [0.05, 0.1) is 0 Å². The van der Waals surface area contributed by atoms with Crippen LogP contribution in [-0.2, 0) is 5.41 Å². The number of hydrogen-bond donors (Lipinski definition) is 1. The molecule has 98 valence electrons. The van der Waals surface area contributed by atoms with Gasteiger partial charge in [-0.2, -0.15) is 0 Å². The minimum absolute atomic E-state index is 0.174. The molecule has 0 bridgehead atoms. The van der Waals surface area contributed by atoms with Gasteiger partial charge < -0.3 is 5.32 Å². The maximum atomic E-state index is 13.1. The maximum Gasteiger partial charge on any atom is 0.123 e. The summed E-state index contributed by atoms with van der Waals surface area (Å²) in [5.74, 6) is -0.178. The van der Waals surface area contributed by atoms with E-state index in [9.17, 15) is 4.39 Å². The first kappa shape index (κ1) is 12.4. The second-order valence-corrected chi connectivity index (χ2v) is 5.30. The topological polar surface area (TPSA) is 12.0 Å². The van der Waals surface area contributed by atoms with Gasteiger partial charge in [-0.15, -0.1) is 0 Å². The smallest absolute Gasteiger partial charge is 0.123 e. The lowest BCUT2D eigenvalue weighted by Crippen LogP contribution is -2.29. The first-order valence-electron chi connectivity index (χ1n) is 6.74. The summed E-state index contributed by atoms with van der Waals surface area (Å²) in [6, 6.07) is 17.7. The predicted octanol–water partition coefficient (Wildman–Crippen LogP) is 3.82. The molecule has 0 aromatic heterocycles. The Bertz CT molecular complexity index is 543. The van der Waals surface area contributed by atoms with E-state index < -0.39 is 0 Å². The highest BCUT2D eigenvalue weighted by atomic mass is 19.1. The summed E-state index contributed by atoms with van der Waals surface area (Å²) in [5, 5.41) is 3.42. The Morgan fingerprint density at radius 3 is 2.16 bits per heavy atom. The van der Waals surface area contributed by atoms with E-state index in [0.29, 0.717) is 0 Å². The molecule has 0 heterocycles. The number of rotatable bonds is 4. The Kier molecular flexibility index (Phi) is 3.11. The van der Waals surface area contributed by atoms with Crippen LogP contribution >= 0.6 is 0 Å². The first-order valence-corrected chi connectivity index (χ1v) is 6.74. The lowest BCUT2D eigenvalue weighted by atomic mass is 9.84. The third-order valence-electron chi connectivity index (χ3n) is 4.18. The minimum atomic E-state index is -0.178. The van der Waals surface area contributed by atoms with Crippen LogP contribution < -0.4 is 5.32 Å². The zero-order valence-corrected chi connectivity index (χ0v) is 11.1. The number of hydrogen-bond acceptors (Lipinski definition) is 1. The molecular weight excluding hydrogens is 237 g/mol. The molecule has 1 aliphatic rings. The Morgan fingerprint density at radius 2 is 1.63 bits per heavy atom. The first-order chi connectivity index (χ1) is 9.26. The number of likely N-dealkylation sites (N-methyl/N-ethyl adjacent to an activating group) is 1. The van der Waals surface area contributed by atoms with Gasteiger partial charge in [0.15, 0.2) is 0 Å². The van der Waals surface area contributed by atoms with Crippen LogP contribution in [0.5, 0.6) is 0 Å². The summed E-state index contributed by atoms with van der Waals surface area (Å²) >= 11 is 0. The van der Waals surface area contributed by atoms with Crippen LogP contribution in [0.15, 0.2) is 54.6 Å². The molecule has 1 N–H and O–H groups in total. The van der Waals surface area contributed by atoms with Gasteiger partial charge in [-0.1, -0.05) is 42.5 Å². The van der Waals surface area contributed by atoms with Gasteiger partial charge >= 0.3 is 0 Å². The average molecular weight is 255 g/mol. The van der Waals surface area contributed by atoms with Gasteiger partial charge in [-0.3, -0.25) is 0 Å². The molecule has 2 aromatic rings. The van der Waals surface area contributed by atoms with Crippen LogP contribution in [0.25, 0.3) is 0 Å². The van der Waals surface area contributed by atoms with Crippen molar-refractivity contribution in [2.24, 2.45) is 0 Å². The van der Waals surface area contributed by atoms with Crippen molar-refractivity contribution in [3.05, 3.63) is 71.5 Å². The molecule has 2 heteroatoms. The second kappa shape index (κ2) is 4.78. The fourth-order valence-electron chi connectivity index (χ4n) is 3.07. The predicted molar refractivity (Wildman–Crippen MR) is 75.6 cm³/mol. The molecule has 1 atom stereocenters. The van der Waals surface area contributed by atoms with E-state index in [2.05, 4.69) is 29.6 Å². The quantitative estimate of drug-likeness (QED) is 0.875. The summed E-state index contributed by atoms with van der Waals surface area (Å²) in [6.45, 7) is 0. The van der Waals surface area contributed by atoms with Gasteiger partial charge in [0.25, 0.3) is 0 Å².